The van der Waals surface area contributed by atoms with Gasteiger partial charge in [0, 0.05) is 36.3 Å². The van der Waals surface area contributed by atoms with Crippen molar-refractivity contribution in [2.24, 2.45) is 11.7 Å². The molecule has 1 aliphatic heterocycles. The normalized spacial score (nSPS) is 19.0. The van der Waals surface area contributed by atoms with Crippen LogP contribution in [0.1, 0.15) is 23.8 Å². The van der Waals surface area contributed by atoms with Gasteiger partial charge in [-0.15, -0.1) is 11.3 Å². The smallest absolute Gasteiger partial charge is 0.275 e. The summed E-state index contributed by atoms with van der Waals surface area (Å²) in [5.41, 5.74) is 7.92. The van der Waals surface area contributed by atoms with Gasteiger partial charge in [-0.2, -0.15) is 0 Å². The number of hydrogen-bond donors (Lipinski definition) is 3. The first-order valence-corrected chi connectivity index (χ1v) is 10.5. The fourth-order valence-electron chi connectivity index (χ4n) is 3.72. The van der Waals surface area contributed by atoms with Gasteiger partial charge in [-0.05, 0) is 36.6 Å². The standard InChI is InChI=1S/C21H22FN5O2S/c1-12-6-13(23)10-27(9-12)19-4-5-24-8-17(19)25-20(29)18-11-30-21(26-18)15-7-14(28)2-3-16(15)22/h2-5,7-8,11-13,28H,6,9-10,23H2,1H3,(H,25,29)/t12-,13+/m1/s1. The first kappa shape index (κ1) is 20.2. The minimum atomic E-state index is -0.515. The molecule has 0 spiro atoms. The maximum absolute atomic E-state index is 14.1. The van der Waals surface area contributed by atoms with E-state index in [0.29, 0.717) is 23.2 Å². The van der Waals surface area contributed by atoms with Crippen molar-refractivity contribution in [1.29, 1.82) is 0 Å². The molecule has 3 heterocycles. The number of pyridine rings is 1. The topological polar surface area (TPSA) is 104 Å². The van der Waals surface area contributed by atoms with Crippen molar-refractivity contribution in [3.63, 3.8) is 0 Å². The van der Waals surface area contributed by atoms with Crippen molar-refractivity contribution in [2.75, 3.05) is 23.3 Å². The SMILES string of the molecule is C[C@@H]1C[C@H](N)CN(c2ccncc2NC(=O)c2csc(-c3cc(O)ccc3F)n2)C1. The molecule has 1 aliphatic rings. The van der Waals surface area contributed by atoms with Gasteiger partial charge in [0.05, 0.1) is 17.6 Å². The van der Waals surface area contributed by atoms with Crippen LogP contribution in [0.2, 0.25) is 0 Å². The average Bonchev–Trinajstić information content (AvgIpc) is 3.19. The summed E-state index contributed by atoms with van der Waals surface area (Å²) in [6.45, 7) is 3.70. The molecule has 0 bridgehead atoms. The van der Waals surface area contributed by atoms with Crippen molar-refractivity contribution in [1.82, 2.24) is 9.97 Å². The highest BCUT2D eigenvalue weighted by molar-refractivity contribution is 7.13. The second-order valence-corrected chi connectivity index (χ2v) is 8.41. The molecule has 0 radical (unpaired) electrons. The lowest BCUT2D eigenvalue weighted by atomic mass is 9.96. The van der Waals surface area contributed by atoms with Crippen LogP contribution in [0.25, 0.3) is 10.6 Å². The van der Waals surface area contributed by atoms with Crippen molar-refractivity contribution in [3.05, 3.63) is 53.6 Å². The van der Waals surface area contributed by atoms with Crippen LogP contribution < -0.4 is 16.0 Å². The minimum absolute atomic E-state index is 0.0680. The fraction of sp³-hybridized carbons (Fsp3) is 0.286. The van der Waals surface area contributed by atoms with Gasteiger partial charge in [0.25, 0.3) is 5.91 Å². The van der Waals surface area contributed by atoms with Crippen LogP contribution in [0.15, 0.2) is 42.0 Å². The first-order chi connectivity index (χ1) is 14.4. The Morgan fingerprint density at radius 2 is 2.20 bits per heavy atom. The number of hydrogen-bond acceptors (Lipinski definition) is 7. The van der Waals surface area contributed by atoms with Gasteiger partial charge in [0.2, 0.25) is 0 Å². The Morgan fingerprint density at radius 1 is 1.37 bits per heavy atom. The zero-order valence-electron chi connectivity index (χ0n) is 16.4. The molecule has 9 heteroatoms. The van der Waals surface area contributed by atoms with Crippen LogP contribution in [0, 0.1) is 11.7 Å². The largest absolute Gasteiger partial charge is 0.508 e. The molecule has 0 saturated carbocycles. The molecule has 30 heavy (non-hydrogen) atoms. The summed E-state index contributed by atoms with van der Waals surface area (Å²) in [5.74, 6) is -0.550. The summed E-state index contributed by atoms with van der Waals surface area (Å²) >= 11 is 1.13. The van der Waals surface area contributed by atoms with Crippen LogP contribution in [-0.2, 0) is 0 Å². The summed E-state index contributed by atoms with van der Waals surface area (Å²) in [5, 5.41) is 14.3. The number of thiazole rings is 1. The van der Waals surface area contributed by atoms with E-state index in [2.05, 4.69) is 27.1 Å². The maximum atomic E-state index is 14.1. The number of phenolic OH excluding ortho intramolecular Hbond substituents is 1. The molecule has 1 saturated heterocycles. The number of benzene rings is 1. The third kappa shape index (κ3) is 4.27. The van der Waals surface area contributed by atoms with Crippen molar-refractivity contribution in [3.8, 4) is 16.3 Å². The van der Waals surface area contributed by atoms with Crippen LogP contribution in [0.3, 0.4) is 0 Å². The molecule has 2 atom stereocenters. The Balaban J connectivity index is 1.56. The van der Waals surface area contributed by atoms with Gasteiger partial charge >= 0.3 is 0 Å². The number of carbonyl (C=O) groups is 1. The summed E-state index contributed by atoms with van der Waals surface area (Å²) in [6, 6.07) is 5.64. The van der Waals surface area contributed by atoms with Crippen LogP contribution >= 0.6 is 11.3 Å². The second kappa shape index (κ2) is 8.37. The Bertz CT molecular complexity index is 1060. The molecule has 156 valence electrons. The number of carbonyl (C=O) groups excluding carboxylic acids is 1. The van der Waals surface area contributed by atoms with E-state index in [1.165, 1.54) is 12.1 Å². The quantitative estimate of drug-likeness (QED) is 0.589. The Morgan fingerprint density at radius 3 is 3.00 bits per heavy atom. The van der Waals surface area contributed by atoms with Gasteiger partial charge in [-0.25, -0.2) is 9.37 Å². The summed E-state index contributed by atoms with van der Waals surface area (Å²) in [7, 11) is 0. The van der Waals surface area contributed by atoms with Crippen LogP contribution in [0.4, 0.5) is 15.8 Å². The first-order valence-electron chi connectivity index (χ1n) is 9.61. The number of nitrogens with two attached hydrogens (primary N) is 1. The van der Waals surface area contributed by atoms with E-state index in [-0.39, 0.29) is 23.0 Å². The molecule has 1 fully saturated rings. The molecular weight excluding hydrogens is 405 g/mol. The number of halogens is 1. The maximum Gasteiger partial charge on any atom is 0.275 e. The molecule has 3 aromatic rings. The number of aromatic nitrogens is 2. The molecule has 1 aromatic carbocycles. The summed E-state index contributed by atoms with van der Waals surface area (Å²) in [6.07, 6.45) is 4.25. The van der Waals surface area contributed by atoms with Gasteiger partial charge in [-0.3, -0.25) is 9.78 Å². The van der Waals surface area contributed by atoms with Crippen molar-refractivity contribution >= 4 is 28.6 Å². The van der Waals surface area contributed by atoms with Crippen LogP contribution in [-0.4, -0.2) is 40.1 Å². The Hall–Kier alpha value is -3.04. The lowest BCUT2D eigenvalue weighted by Crippen LogP contribution is -2.46. The van der Waals surface area contributed by atoms with E-state index in [1.54, 1.807) is 17.8 Å². The fourth-order valence-corrected chi connectivity index (χ4v) is 4.54. The highest BCUT2D eigenvalue weighted by atomic mass is 32.1. The number of rotatable bonds is 4. The highest BCUT2D eigenvalue weighted by Gasteiger charge is 2.25. The summed E-state index contributed by atoms with van der Waals surface area (Å²) in [4.78, 5) is 23.3. The number of piperidine rings is 1. The van der Waals surface area contributed by atoms with Gasteiger partial charge in [-0.1, -0.05) is 6.92 Å². The van der Waals surface area contributed by atoms with E-state index < -0.39 is 11.7 Å². The van der Waals surface area contributed by atoms with Gasteiger partial charge in [0.15, 0.2) is 0 Å². The number of nitrogens with one attached hydrogen (secondary N) is 1. The molecule has 7 nitrogen and oxygen atoms in total. The molecule has 1 amide bonds. The third-order valence-corrected chi connectivity index (χ3v) is 5.87. The van der Waals surface area contributed by atoms with E-state index in [4.69, 9.17) is 5.73 Å². The minimum Gasteiger partial charge on any atom is -0.508 e. The number of amides is 1. The highest BCUT2D eigenvalue weighted by Crippen LogP contribution is 2.31. The third-order valence-electron chi connectivity index (χ3n) is 5.00. The van der Waals surface area contributed by atoms with Gasteiger partial charge in [0.1, 0.15) is 22.3 Å². The summed E-state index contributed by atoms with van der Waals surface area (Å²) < 4.78 is 14.1. The Kier molecular flexibility index (Phi) is 5.65. The molecule has 4 rings (SSSR count). The molecule has 0 aliphatic carbocycles. The number of phenols is 1. The lowest BCUT2D eigenvalue weighted by molar-refractivity contribution is 0.102. The van der Waals surface area contributed by atoms with Crippen molar-refractivity contribution < 1.29 is 14.3 Å². The lowest BCUT2D eigenvalue weighted by Gasteiger charge is -2.37. The predicted octanol–water partition coefficient (Wildman–Crippen LogP) is 3.48. The zero-order chi connectivity index (χ0) is 21.3. The Labute approximate surface area is 177 Å². The zero-order valence-corrected chi connectivity index (χ0v) is 17.2. The van der Waals surface area contributed by atoms with Crippen LogP contribution in [0.5, 0.6) is 5.75 Å². The number of anilines is 2. The molecular formula is C21H22FN5O2S. The van der Waals surface area contributed by atoms with E-state index in [0.717, 1.165) is 36.1 Å². The average molecular weight is 428 g/mol. The van der Waals surface area contributed by atoms with Crippen molar-refractivity contribution in [2.45, 2.75) is 19.4 Å². The molecule has 2 aromatic heterocycles. The second-order valence-electron chi connectivity index (χ2n) is 7.55. The molecule has 4 N–H and O–H groups in total. The monoisotopic (exact) mass is 427 g/mol. The number of nitrogens with zero attached hydrogens (tertiary/aromatic N) is 3. The predicted molar refractivity (Wildman–Crippen MR) is 115 cm³/mol. The van der Waals surface area contributed by atoms with Gasteiger partial charge < -0.3 is 21.1 Å². The number of aromatic hydroxyl groups is 1. The van der Waals surface area contributed by atoms with E-state index in [1.807, 2.05) is 6.07 Å². The molecule has 0 unspecified atom stereocenters. The van der Waals surface area contributed by atoms with E-state index in [9.17, 15) is 14.3 Å². The van der Waals surface area contributed by atoms with E-state index >= 15 is 0 Å².